The number of imidazole rings is 1. The number of hydrogen-bond acceptors (Lipinski definition) is 3. The highest BCUT2D eigenvalue weighted by molar-refractivity contribution is 5.89. The molecule has 0 amide bonds. The molecule has 33 heavy (non-hydrogen) atoms. The fourth-order valence-corrected chi connectivity index (χ4v) is 3.79. The summed E-state index contributed by atoms with van der Waals surface area (Å²) in [7, 11) is 0. The molecule has 1 unspecified atom stereocenters. The number of benzene rings is 3. The lowest BCUT2D eigenvalue weighted by atomic mass is 9.92. The fourth-order valence-electron chi connectivity index (χ4n) is 3.79. The van der Waals surface area contributed by atoms with Crippen molar-refractivity contribution < 1.29 is 18.7 Å². The van der Waals surface area contributed by atoms with Crippen molar-refractivity contribution >= 4 is 5.97 Å². The summed E-state index contributed by atoms with van der Waals surface area (Å²) in [5, 5.41) is 13.3. The molecule has 0 spiro atoms. The van der Waals surface area contributed by atoms with Crippen molar-refractivity contribution in [2.75, 3.05) is 6.54 Å². The largest absolute Gasteiger partial charge is 0.478 e. The van der Waals surface area contributed by atoms with Gasteiger partial charge in [-0.2, -0.15) is 0 Å². The lowest BCUT2D eigenvalue weighted by Crippen LogP contribution is -2.26. The average Bonchev–Trinajstić information content (AvgIpc) is 3.33. The molecule has 0 radical (unpaired) electrons. The molecule has 0 saturated carbocycles. The molecule has 5 nitrogen and oxygen atoms in total. The highest BCUT2D eigenvalue weighted by atomic mass is 19.1. The molecule has 168 valence electrons. The van der Waals surface area contributed by atoms with Crippen LogP contribution in [0.3, 0.4) is 0 Å². The number of nitrogens with zero attached hydrogens (tertiary/aromatic N) is 2. The first-order valence-electron chi connectivity index (χ1n) is 10.5. The molecule has 1 atom stereocenters. The molecule has 4 aromatic rings. The molecule has 2 N–H and O–H groups in total. The first-order valence-corrected chi connectivity index (χ1v) is 10.5. The molecule has 0 saturated heterocycles. The predicted molar refractivity (Wildman–Crippen MR) is 121 cm³/mol. The van der Waals surface area contributed by atoms with Gasteiger partial charge in [-0.15, -0.1) is 0 Å². The smallest absolute Gasteiger partial charge is 0.335 e. The summed E-state index contributed by atoms with van der Waals surface area (Å²) in [5.74, 6) is -1.71. The first kappa shape index (κ1) is 22.4. The van der Waals surface area contributed by atoms with Crippen molar-refractivity contribution in [3.05, 3.63) is 125 Å². The van der Waals surface area contributed by atoms with Gasteiger partial charge in [0.15, 0.2) is 0 Å². The van der Waals surface area contributed by atoms with E-state index in [1.165, 1.54) is 24.3 Å². The monoisotopic (exact) mass is 447 g/mol. The Hall–Kier alpha value is -3.84. The van der Waals surface area contributed by atoms with E-state index in [1.807, 2.05) is 16.8 Å². The van der Waals surface area contributed by atoms with Gasteiger partial charge in [0.05, 0.1) is 17.9 Å². The zero-order valence-electron chi connectivity index (χ0n) is 17.8. The zero-order valence-corrected chi connectivity index (χ0v) is 17.8. The Kier molecular flexibility index (Phi) is 6.90. The molecule has 4 rings (SSSR count). The van der Waals surface area contributed by atoms with Gasteiger partial charge in [-0.05, 0) is 59.0 Å². The van der Waals surface area contributed by atoms with Gasteiger partial charge in [0, 0.05) is 25.5 Å². The molecule has 7 heteroatoms. The van der Waals surface area contributed by atoms with E-state index >= 15 is 0 Å². The standard InChI is InChI=1S/C26H23F2N3O2/c27-22-7-1-18(2-8-22)15-20-3-4-21(16-24(20)26(32)33)25(19-5-9-23(28)10-6-19)30-12-14-31-13-11-29-17-31/h1-11,13,16-17,25,30H,12,14-15H2,(H,32,33). The van der Waals surface area contributed by atoms with Crippen molar-refractivity contribution in [2.45, 2.75) is 19.0 Å². The number of aromatic nitrogens is 2. The minimum Gasteiger partial charge on any atom is -0.478 e. The van der Waals surface area contributed by atoms with Gasteiger partial charge in [-0.1, -0.05) is 36.4 Å². The minimum absolute atomic E-state index is 0.181. The molecule has 1 aromatic heterocycles. The summed E-state index contributed by atoms with van der Waals surface area (Å²) in [4.78, 5) is 16.1. The zero-order chi connectivity index (χ0) is 23.2. The Bertz CT molecular complexity index is 1210. The molecular weight excluding hydrogens is 424 g/mol. The van der Waals surface area contributed by atoms with E-state index < -0.39 is 5.97 Å². The van der Waals surface area contributed by atoms with Crippen LogP contribution in [0.1, 0.15) is 38.7 Å². The minimum atomic E-state index is -1.04. The maximum Gasteiger partial charge on any atom is 0.335 e. The van der Waals surface area contributed by atoms with Gasteiger partial charge >= 0.3 is 5.97 Å². The Labute approximate surface area is 190 Å². The lowest BCUT2D eigenvalue weighted by Gasteiger charge is -2.21. The van der Waals surface area contributed by atoms with Crippen LogP contribution in [0.25, 0.3) is 0 Å². The van der Waals surface area contributed by atoms with Crippen LogP contribution in [0.5, 0.6) is 0 Å². The highest BCUT2D eigenvalue weighted by Gasteiger charge is 2.18. The molecular formula is C26H23F2N3O2. The van der Waals surface area contributed by atoms with Crippen LogP contribution < -0.4 is 5.32 Å². The van der Waals surface area contributed by atoms with Crippen LogP contribution in [-0.4, -0.2) is 27.2 Å². The molecule has 3 aromatic carbocycles. The summed E-state index contributed by atoms with van der Waals surface area (Å²) < 4.78 is 28.7. The Balaban J connectivity index is 1.63. The van der Waals surface area contributed by atoms with Crippen LogP contribution >= 0.6 is 0 Å². The maximum atomic E-state index is 13.5. The number of carboxylic acid groups (broad SMARTS) is 1. The normalized spacial score (nSPS) is 11.9. The van der Waals surface area contributed by atoms with E-state index in [0.29, 0.717) is 25.1 Å². The maximum absolute atomic E-state index is 13.5. The predicted octanol–water partition coefficient (Wildman–Crippen LogP) is 4.83. The Morgan fingerprint density at radius 3 is 2.27 bits per heavy atom. The molecule has 0 fully saturated rings. The molecule has 0 bridgehead atoms. The van der Waals surface area contributed by atoms with Gasteiger partial charge in [0.2, 0.25) is 0 Å². The second-order valence-corrected chi connectivity index (χ2v) is 7.76. The van der Waals surface area contributed by atoms with Crippen LogP contribution in [0.4, 0.5) is 8.78 Å². The lowest BCUT2D eigenvalue weighted by molar-refractivity contribution is 0.0695. The SMILES string of the molecule is O=C(O)c1cc(C(NCCn2ccnc2)c2ccc(F)cc2)ccc1Cc1ccc(F)cc1. The van der Waals surface area contributed by atoms with Gasteiger partial charge in [0.25, 0.3) is 0 Å². The van der Waals surface area contributed by atoms with Gasteiger partial charge in [-0.3, -0.25) is 0 Å². The summed E-state index contributed by atoms with van der Waals surface area (Å²) in [6, 6.07) is 17.2. The fraction of sp³-hybridized carbons (Fsp3) is 0.154. The van der Waals surface area contributed by atoms with Crippen molar-refractivity contribution in [1.29, 1.82) is 0 Å². The number of nitrogens with one attached hydrogen (secondary N) is 1. The molecule has 0 aliphatic carbocycles. The number of aromatic carboxylic acids is 1. The third kappa shape index (κ3) is 5.70. The van der Waals surface area contributed by atoms with Crippen molar-refractivity contribution in [3.63, 3.8) is 0 Å². The number of halogens is 2. The van der Waals surface area contributed by atoms with E-state index in [2.05, 4.69) is 10.3 Å². The van der Waals surface area contributed by atoms with Crippen molar-refractivity contribution in [2.24, 2.45) is 0 Å². The quantitative estimate of drug-likeness (QED) is 0.386. The summed E-state index contributed by atoms with van der Waals surface area (Å²) in [6.45, 7) is 1.27. The van der Waals surface area contributed by atoms with E-state index in [4.69, 9.17) is 0 Å². The Morgan fingerprint density at radius 1 is 0.970 bits per heavy atom. The van der Waals surface area contributed by atoms with Gasteiger partial charge < -0.3 is 15.0 Å². The summed E-state index contributed by atoms with van der Waals surface area (Å²) >= 11 is 0. The highest BCUT2D eigenvalue weighted by Crippen LogP contribution is 2.26. The molecule has 0 aliphatic rings. The number of carboxylic acids is 1. The van der Waals surface area contributed by atoms with Gasteiger partial charge in [-0.25, -0.2) is 18.6 Å². The van der Waals surface area contributed by atoms with E-state index in [-0.39, 0.29) is 23.2 Å². The topological polar surface area (TPSA) is 67.2 Å². The Morgan fingerprint density at radius 2 is 1.64 bits per heavy atom. The number of carbonyl (C=O) groups is 1. The van der Waals surface area contributed by atoms with Crippen molar-refractivity contribution in [3.8, 4) is 0 Å². The van der Waals surface area contributed by atoms with E-state index in [0.717, 1.165) is 16.7 Å². The first-order chi connectivity index (χ1) is 16.0. The van der Waals surface area contributed by atoms with E-state index in [9.17, 15) is 18.7 Å². The second kappa shape index (κ2) is 10.2. The van der Waals surface area contributed by atoms with Gasteiger partial charge in [0.1, 0.15) is 11.6 Å². The summed E-state index contributed by atoms with van der Waals surface area (Å²) in [5.41, 5.74) is 3.21. The molecule has 0 aliphatic heterocycles. The van der Waals surface area contributed by atoms with Crippen LogP contribution in [0.2, 0.25) is 0 Å². The number of rotatable bonds is 9. The van der Waals surface area contributed by atoms with Crippen LogP contribution in [0, 0.1) is 11.6 Å². The third-order valence-electron chi connectivity index (χ3n) is 5.49. The summed E-state index contributed by atoms with van der Waals surface area (Å²) in [6.07, 6.45) is 5.66. The molecule has 1 heterocycles. The third-order valence-corrected chi connectivity index (χ3v) is 5.49. The average molecular weight is 447 g/mol. The van der Waals surface area contributed by atoms with Crippen LogP contribution in [0.15, 0.2) is 85.5 Å². The second-order valence-electron chi connectivity index (χ2n) is 7.76. The van der Waals surface area contributed by atoms with E-state index in [1.54, 1.807) is 48.9 Å². The number of hydrogen-bond donors (Lipinski definition) is 2. The van der Waals surface area contributed by atoms with Crippen LogP contribution in [-0.2, 0) is 13.0 Å². The van der Waals surface area contributed by atoms with Crippen molar-refractivity contribution in [1.82, 2.24) is 14.9 Å².